The molecule has 0 spiro atoms. The van der Waals surface area contributed by atoms with Gasteiger partial charge in [0.05, 0.1) is 6.20 Å². The van der Waals surface area contributed by atoms with Crippen LogP contribution < -0.4 is 10.2 Å². The van der Waals surface area contributed by atoms with Gasteiger partial charge in [0.25, 0.3) is 0 Å². The number of ether oxygens (including phenoxy) is 1. The summed E-state index contributed by atoms with van der Waals surface area (Å²) in [5, 5.41) is 3.28. The molecular weight excluding hydrogens is 254 g/mol. The zero-order valence-corrected chi connectivity index (χ0v) is 12.0. The van der Waals surface area contributed by atoms with E-state index in [4.69, 9.17) is 9.72 Å². The molecule has 2 aromatic heterocycles. The van der Waals surface area contributed by atoms with Crippen LogP contribution in [0.25, 0.3) is 5.65 Å². The Hall–Kier alpha value is -1.82. The molecule has 3 rings (SSSR count). The van der Waals surface area contributed by atoms with Crippen molar-refractivity contribution >= 4 is 17.3 Å². The Labute approximate surface area is 118 Å². The van der Waals surface area contributed by atoms with Gasteiger partial charge in [-0.1, -0.05) is 0 Å². The molecule has 1 aliphatic rings. The highest BCUT2D eigenvalue weighted by molar-refractivity contribution is 5.67. The Morgan fingerprint density at radius 3 is 3.00 bits per heavy atom. The van der Waals surface area contributed by atoms with Crippen molar-refractivity contribution in [2.75, 3.05) is 37.0 Å². The van der Waals surface area contributed by atoms with Gasteiger partial charge in [-0.15, -0.1) is 0 Å². The van der Waals surface area contributed by atoms with E-state index >= 15 is 0 Å². The van der Waals surface area contributed by atoms with E-state index in [9.17, 15) is 0 Å². The molecule has 0 saturated carbocycles. The summed E-state index contributed by atoms with van der Waals surface area (Å²) < 4.78 is 7.46. The van der Waals surface area contributed by atoms with E-state index in [0.29, 0.717) is 6.04 Å². The SMILES string of the molecule is CCNc1cn2ccnc2c(N(C)C2CCOCC2)n1. The number of hydrogen-bond donors (Lipinski definition) is 1. The molecule has 1 aliphatic heterocycles. The van der Waals surface area contributed by atoms with E-state index in [0.717, 1.165) is 49.9 Å². The van der Waals surface area contributed by atoms with E-state index in [1.165, 1.54) is 0 Å². The van der Waals surface area contributed by atoms with Gasteiger partial charge in [0.15, 0.2) is 11.5 Å². The first kappa shape index (κ1) is 13.2. The van der Waals surface area contributed by atoms with E-state index < -0.39 is 0 Å². The van der Waals surface area contributed by atoms with Gasteiger partial charge in [0.1, 0.15) is 5.82 Å². The number of rotatable bonds is 4. The summed E-state index contributed by atoms with van der Waals surface area (Å²) in [6, 6.07) is 0.466. The van der Waals surface area contributed by atoms with Crippen molar-refractivity contribution in [2.24, 2.45) is 0 Å². The summed E-state index contributed by atoms with van der Waals surface area (Å²) in [4.78, 5) is 11.4. The smallest absolute Gasteiger partial charge is 0.180 e. The number of hydrogen-bond acceptors (Lipinski definition) is 5. The molecule has 0 atom stereocenters. The van der Waals surface area contributed by atoms with Crippen molar-refractivity contribution in [3.8, 4) is 0 Å². The molecule has 0 aliphatic carbocycles. The Morgan fingerprint density at radius 1 is 1.45 bits per heavy atom. The van der Waals surface area contributed by atoms with Gasteiger partial charge < -0.3 is 19.4 Å². The van der Waals surface area contributed by atoms with Crippen molar-refractivity contribution < 1.29 is 4.74 Å². The van der Waals surface area contributed by atoms with Crippen LogP contribution in [0, 0.1) is 0 Å². The number of fused-ring (bicyclic) bond motifs is 1. The van der Waals surface area contributed by atoms with Crippen LogP contribution in [0.15, 0.2) is 18.6 Å². The van der Waals surface area contributed by atoms with Crippen LogP contribution >= 0.6 is 0 Å². The first-order valence-corrected chi connectivity index (χ1v) is 7.17. The van der Waals surface area contributed by atoms with Gasteiger partial charge in [-0.2, -0.15) is 0 Å². The van der Waals surface area contributed by atoms with Crippen LogP contribution in [0.1, 0.15) is 19.8 Å². The second-order valence-corrected chi connectivity index (χ2v) is 5.09. The largest absolute Gasteiger partial charge is 0.381 e. The lowest BCUT2D eigenvalue weighted by Crippen LogP contribution is -2.37. The first-order valence-electron chi connectivity index (χ1n) is 7.17. The Kier molecular flexibility index (Phi) is 3.73. The van der Waals surface area contributed by atoms with Gasteiger partial charge in [0.2, 0.25) is 0 Å². The number of nitrogens with one attached hydrogen (secondary N) is 1. The fraction of sp³-hybridized carbons (Fsp3) is 0.571. The lowest BCUT2D eigenvalue weighted by Gasteiger charge is -2.32. The zero-order valence-electron chi connectivity index (χ0n) is 12.0. The molecule has 2 aromatic rings. The number of aromatic nitrogens is 3. The summed E-state index contributed by atoms with van der Waals surface area (Å²) in [5.41, 5.74) is 0.903. The summed E-state index contributed by atoms with van der Waals surface area (Å²) in [6.45, 7) is 4.58. The lowest BCUT2D eigenvalue weighted by atomic mass is 10.1. The quantitative estimate of drug-likeness (QED) is 0.921. The molecule has 0 aromatic carbocycles. The molecule has 0 unspecified atom stereocenters. The number of nitrogens with zero attached hydrogens (tertiary/aromatic N) is 4. The van der Waals surface area contributed by atoms with Gasteiger partial charge >= 0.3 is 0 Å². The second-order valence-electron chi connectivity index (χ2n) is 5.09. The predicted molar refractivity (Wildman–Crippen MR) is 79.4 cm³/mol. The maximum absolute atomic E-state index is 5.44. The molecule has 3 heterocycles. The summed E-state index contributed by atoms with van der Waals surface area (Å²) in [5.74, 6) is 1.81. The Morgan fingerprint density at radius 2 is 2.25 bits per heavy atom. The van der Waals surface area contributed by atoms with E-state index in [2.05, 4.69) is 29.2 Å². The highest BCUT2D eigenvalue weighted by atomic mass is 16.5. The number of anilines is 2. The van der Waals surface area contributed by atoms with Crippen LogP contribution in [0.5, 0.6) is 0 Å². The third kappa shape index (κ3) is 2.43. The van der Waals surface area contributed by atoms with Crippen molar-refractivity contribution in [2.45, 2.75) is 25.8 Å². The van der Waals surface area contributed by atoms with Crippen molar-refractivity contribution in [1.82, 2.24) is 14.4 Å². The standard InChI is InChI=1S/C14H21N5O/c1-3-15-12-10-19-7-6-16-13(19)14(17-12)18(2)11-4-8-20-9-5-11/h6-7,10-11,15H,3-5,8-9H2,1-2H3. The molecule has 0 amide bonds. The molecular formula is C14H21N5O. The van der Waals surface area contributed by atoms with Crippen molar-refractivity contribution in [3.05, 3.63) is 18.6 Å². The van der Waals surface area contributed by atoms with Crippen LogP contribution in [-0.2, 0) is 4.74 Å². The monoisotopic (exact) mass is 275 g/mol. The maximum Gasteiger partial charge on any atom is 0.180 e. The highest BCUT2D eigenvalue weighted by Gasteiger charge is 2.22. The highest BCUT2D eigenvalue weighted by Crippen LogP contribution is 2.24. The molecule has 6 heteroatoms. The number of imidazole rings is 1. The first-order chi connectivity index (χ1) is 9.79. The minimum Gasteiger partial charge on any atom is -0.381 e. The molecule has 0 bridgehead atoms. The third-order valence-corrected chi connectivity index (χ3v) is 3.79. The van der Waals surface area contributed by atoms with Gasteiger partial charge in [0, 0.05) is 45.2 Å². The molecule has 108 valence electrons. The average molecular weight is 275 g/mol. The van der Waals surface area contributed by atoms with E-state index in [1.54, 1.807) is 0 Å². The molecule has 1 saturated heterocycles. The normalized spacial score (nSPS) is 16.5. The molecule has 1 fully saturated rings. The minimum absolute atomic E-state index is 0.466. The summed E-state index contributed by atoms with van der Waals surface area (Å²) in [7, 11) is 2.10. The predicted octanol–water partition coefficient (Wildman–Crippen LogP) is 1.78. The third-order valence-electron chi connectivity index (χ3n) is 3.79. The molecule has 1 N–H and O–H groups in total. The van der Waals surface area contributed by atoms with E-state index in [1.807, 2.05) is 23.0 Å². The van der Waals surface area contributed by atoms with Gasteiger partial charge in [-0.05, 0) is 19.8 Å². The minimum atomic E-state index is 0.466. The van der Waals surface area contributed by atoms with Gasteiger partial charge in [-0.3, -0.25) is 0 Å². The van der Waals surface area contributed by atoms with Crippen LogP contribution in [0.2, 0.25) is 0 Å². The Balaban J connectivity index is 1.97. The average Bonchev–Trinajstić information content (AvgIpc) is 2.95. The van der Waals surface area contributed by atoms with Crippen LogP contribution in [0.3, 0.4) is 0 Å². The van der Waals surface area contributed by atoms with E-state index in [-0.39, 0.29) is 0 Å². The molecule has 6 nitrogen and oxygen atoms in total. The fourth-order valence-corrected chi connectivity index (χ4v) is 2.66. The van der Waals surface area contributed by atoms with Crippen LogP contribution in [-0.4, -0.2) is 47.2 Å². The molecule has 20 heavy (non-hydrogen) atoms. The van der Waals surface area contributed by atoms with Crippen molar-refractivity contribution in [3.63, 3.8) is 0 Å². The topological polar surface area (TPSA) is 54.7 Å². The Bertz CT molecular complexity index is 576. The second kappa shape index (κ2) is 5.66. The zero-order chi connectivity index (χ0) is 13.9. The summed E-state index contributed by atoms with van der Waals surface area (Å²) in [6.07, 6.45) is 7.83. The lowest BCUT2D eigenvalue weighted by molar-refractivity contribution is 0.0854. The van der Waals surface area contributed by atoms with Crippen LogP contribution in [0.4, 0.5) is 11.6 Å². The fourth-order valence-electron chi connectivity index (χ4n) is 2.66. The molecule has 0 radical (unpaired) electrons. The van der Waals surface area contributed by atoms with Gasteiger partial charge in [-0.25, -0.2) is 9.97 Å². The van der Waals surface area contributed by atoms with Crippen molar-refractivity contribution in [1.29, 1.82) is 0 Å². The maximum atomic E-state index is 5.44. The summed E-state index contributed by atoms with van der Waals surface area (Å²) >= 11 is 0.